The third kappa shape index (κ3) is 10.3. The van der Waals surface area contributed by atoms with Crippen LogP contribution < -0.4 is 0 Å². The second-order valence-corrected chi connectivity index (χ2v) is 20.1. The zero-order valence-electron chi connectivity index (χ0n) is 16.2. The van der Waals surface area contributed by atoms with Crippen LogP contribution >= 0.6 is 0 Å². The van der Waals surface area contributed by atoms with Crippen molar-refractivity contribution in [2.45, 2.75) is 64.1 Å². The predicted molar refractivity (Wildman–Crippen MR) is 105 cm³/mol. The molecule has 0 saturated carbocycles. The molecule has 7 heteroatoms. The molecule has 0 atom stereocenters. The Bertz CT molecular complexity index is 262. The normalized spacial score (nSPS) is 13.9. The molecule has 0 heterocycles. The number of hydrogen-bond acceptors (Lipinski definition) is 4. The van der Waals surface area contributed by atoms with E-state index < -0.39 is 16.5 Å². The molecule has 0 aromatic rings. The second kappa shape index (κ2) is 11.1. The molecule has 0 aromatic heterocycles. The summed E-state index contributed by atoms with van der Waals surface area (Å²) in [6, 6.07) is 2.42. The van der Waals surface area contributed by atoms with E-state index in [0.717, 1.165) is 25.8 Å². The molecular weight excluding hydrogens is 326 g/mol. The van der Waals surface area contributed by atoms with Crippen molar-refractivity contribution < 1.29 is 14.2 Å². The first kappa shape index (κ1) is 22.5. The van der Waals surface area contributed by atoms with Gasteiger partial charge in [0.15, 0.2) is 6.29 Å². The third-order valence-corrected chi connectivity index (χ3v) is 13.4. The smallest absolute Gasteiger partial charge is 0.153 e. The first-order chi connectivity index (χ1) is 10.1. The standard InChI is InChI=1S/C15H39NO3Si3/c1-17-15(18-2)14-20-13-9-11-19-12-10-16(21(3,4)5)22(6,7)8/h15H,9-14,20H2,1-8H3. The molecule has 22 heavy (non-hydrogen) atoms. The van der Waals surface area contributed by atoms with Crippen LogP contribution in [0.25, 0.3) is 0 Å². The first-order valence-electron chi connectivity index (χ1n) is 8.54. The molecule has 4 nitrogen and oxygen atoms in total. The van der Waals surface area contributed by atoms with Gasteiger partial charge in [-0.15, -0.1) is 0 Å². The summed E-state index contributed by atoms with van der Waals surface area (Å²) in [6.07, 6.45) is 1.20. The molecular formula is C15H39NO3Si3. The van der Waals surface area contributed by atoms with Gasteiger partial charge < -0.3 is 18.4 Å². The van der Waals surface area contributed by atoms with Crippen molar-refractivity contribution >= 4 is 26.0 Å². The molecule has 0 rings (SSSR count). The molecule has 0 amide bonds. The van der Waals surface area contributed by atoms with E-state index in [1.807, 2.05) is 0 Å². The number of methoxy groups -OCH3 is 2. The molecule has 0 aliphatic rings. The summed E-state index contributed by atoms with van der Waals surface area (Å²) in [7, 11) is 0.894. The second-order valence-electron chi connectivity index (χ2n) is 7.86. The Hall–Kier alpha value is 0.491. The highest BCUT2D eigenvalue weighted by atomic mass is 28.4. The van der Waals surface area contributed by atoms with E-state index in [2.05, 4.69) is 43.5 Å². The molecule has 0 radical (unpaired) electrons. The Balaban J connectivity index is 3.75. The van der Waals surface area contributed by atoms with Gasteiger partial charge in [0, 0.05) is 36.9 Å². The van der Waals surface area contributed by atoms with Crippen LogP contribution in [-0.4, -0.2) is 70.5 Å². The Morgan fingerprint density at radius 1 is 0.909 bits per heavy atom. The summed E-state index contributed by atoms with van der Waals surface area (Å²) < 4.78 is 19.1. The monoisotopic (exact) mass is 365 g/mol. The van der Waals surface area contributed by atoms with Crippen molar-refractivity contribution in [2.75, 3.05) is 34.0 Å². The molecule has 0 aliphatic carbocycles. The number of rotatable bonds is 13. The van der Waals surface area contributed by atoms with Gasteiger partial charge in [-0.05, 0) is 12.5 Å². The Morgan fingerprint density at radius 2 is 1.45 bits per heavy atom. The van der Waals surface area contributed by atoms with Crippen LogP contribution in [0.4, 0.5) is 0 Å². The maximum Gasteiger partial charge on any atom is 0.153 e. The molecule has 134 valence electrons. The maximum atomic E-state index is 5.88. The fourth-order valence-corrected chi connectivity index (χ4v) is 14.2. The first-order valence-corrected chi connectivity index (χ1v) is 17.4. The van der Waals surface area contributed by atoms with Gasteiger partial charge in [-0.2, -0.15) is 0 Å². The number of nitrogens with zero attached hydrogens (tertiary/aromatic N) is 1. The summed E-state index contributed by atoms with van der Waals surface area (Å²) in [5.41, 5.74) is 0. The lowest BCUT2D eigenvalue weighted by atomic mass is 10.5. The fraction of sp³-hybridized carbons (Fsp3) is 1.00. The van der Waals surface area contributed by atoms with Crippen molar-refractivity contribution in [1.82, 2.24) is 4.23 Å². The van der Waals surface area contributed by atoms with Gasteiger partial charge in [-0.1, -0.05) is 45.3 Å². The molecule has 0 saturated heterocycles. The average molecular weight is 366 g/mol. The summed E-state index contributed by atoms with van der Waals surface area (Å²) >= 11 is 0. The SMILES string of the molecule is COC(C[SiH2]CCCOCCN([Si](C)(C)C)[Si](C)(C)C)OC. The largest absolute Gasteiger partial charge is 0.380 e. The van der Waals surface area contributed by atoms with E-state index in [-0.39, 0.29) is 15.8 Å². The van der Waals surface area contributed by atoms with Crippen LogP contribution in [-0.2, 0) is 14.2 Å². The van der Waals surface area contributed by atoms with Gasteiger partial charge in [0.25, 0.3) is 0 Å². The van der Waals surface area contributed by atoms with Crippen molar-refractivity contribution in [3.8, 4) is 0 Å². The van der Waals surface area contributed by atoms with Crippen LogP contribution in [0, 0.1) is 0 Å². The van der Waals surface area contributed by atoms with Crippen LogP contribution in [0.1, 0.15) is 6.42 Å². The molecule has 0 aromatic carbocycles. The average Bonchev–Trinajstić information content (AvgIpc) is 2.38. The zero-order valence-corrected chi connectivity index (χ0v) is 19.6. The van der Waals surface area contributed by atoms with E-state index in [0.29, 0.717) is 0 Å². The van der Waals surface area contributed by atoms with E-state index >= 15 is 0 Å². The Kier molecular flexibility index (Phi) is 11.4. The van der Waals surface area contributed by atoms with E-state index in [4.69, 9.17) is 14.2 Å². The van der Waals surface area contributed by atoms with Gasteiger partial charge in [0.05, 0.1) is 6.61 Å². The quantitative estimate of drug-likeness (QED) is 0.285. The predicted octanol–water partition coefficient (Wildman–Crippen LogP) is 2.99. The fourth-order valence-electron chi connectivity index (χ4n) is 2.96. The molecule has 0 N–H and O–H groups in total. The van der Waals surface area contributed by atoms with Gasteiger partial charge in [0.1, 0.15) is 16.5 Å². The molecule has 0 aliphatic heterocycles. The molecule has 0 spiro atoms. The summed E-state index contributed by atoms with van der Waals surface area (Å²) in [5, 5.41) is 0. The lowest BCUT2D eigenvalue weighted by molar-refractivity contribution is -0.0876. The minimum Gasteiger partial charge on any atom is -0.380 e. The third-order valence-electron chi connectivity index (χ3n) is 3.83. The Morgan fingerprint density at radius 3 is 1.91 bits per heavy atom. The number of hydrogen-bond donors (Lipinski definition) is 0. The van der Waals surface area contributed by atoms with Crippen LogP contribution in [0.2, 0.25) is 51.4 Å². The van der Waals surface area contributed by atoms with Crippen molar-refractivity contribution in [2.24, 2.45) is 0 Å². The Labute approximate surface area is 142 Å². The van der Waals surface area contributed by atoms with Crippen molar-refractivity contribution in [1.29, 1.82) is 0 Å². The van der Waals surface area contributed by atoms with Crippen LogP contribution in [0.5, 0.6) is 0 Å². The highest BCUT2D eigenvalue weighted by molar-refractivity contribution is 6.89. The van der Waals surface area contributed by atoms with Gasteiger partial charge in [0.2, 0.25) is 0 Å². The van der Waals surface area contributed by atoms with E-state index in [9.17, 15) is 0 Å². The minimum atomic E-state index is -1.23. The van der Waals surface area contributed by atoms with Gasteiger partial charge in [-0.25, -0.2) is 0 Å². The van der Waals surface area contributed by atoms with E-state index in [1.165, 1.54) is 12.5 Å². The van der Waals surface area contributed by atoms with Crippen molar-refractivity contribution in [3.63, 3.8) is 0 Å². The molecule has 0 bridgehead atoms. The summed E-state index contributed by atoms with van der Waals surface area (Å²) in [6.45, 7) is 17.6. The summed E-state index contributed by atoms with van der Waals surface area (Å²) in [4.78, 5) is 0. The topological polar surface area (TPSA) is 30.9 Å². The lowest BCUT2D eigenvalue weighted by Crippen LogP contribution is -2.59. The molecule has 0 fully saturated rings. The summed E-state index contributed by atoms with van der Waals surface area (Å²) in [5.74, 6) is 0. The van der Waals surface area contributed by atoms with Gasteiger partial charge in [-0.3, -0.25) is 0 Å². The van der Waals surface area contributed by atoms with Crippen LogP contribution in [0.3, 0.4) is 0 Å². The van der Waals surface area contributed by atoms with Crippen LogP contribution in [0.15, 0.2) is 0 Å². The zero-order chi connectivity index (χ0) is 17.2. The van der Waals surface area contributed by atoms with Gasteiger partial charge >= 0.3 is 0 Å². The highest BCUT2D eigenvalue weighted by Crippen LogP contribution is 2.19. The molecule has 0 unspecified atom stereocenters. The highest BCUT2D eigenvalue weighted by Gasteiger charge is 2.33. The van der Waals surface area contributed by atoms with E-state index in [1.54, 1.807) is 14.2 Å². The minimum absolute atomic E-state index is 0.00892. The lowest BCUT2D eigenvalue weighted by Gasteiger charge is -2.43. The number of ether oxygens (including phenoxy) is 3. The maximum absolute atomic E-state index is 5.88. The van der Waals surface area contributed by atoms with Crippen molar-refractivity contribution in [3.05, 3.63) is 0 Å².